The monoisotopic (exact) mass is 176 g/mol. The lowest BCUT2D eigenvalue weighted by atomic mass is 10.3. The van der Waals surface area contributed by atoms with Crippen LogP contribution in [-0.4, -0.2) is 31.5 Å². The van der Waals surface area contributed by atoms with Crippen molar-refractivity contribution >= 4 is 6.09 Å². The van der Waals surface area contributed by atoms with E-state index in [-0.39, 0.29) is 18.8 Å². The molecule has 5 nitrogen and oxygen atoms in total. The second-order valence-corrected chi connectivity index (χ2v) is 2.77. The van der Waals surface area contributed by atoms with Crippen molar-refractivity contribution in [3.05, 3.63) is 0 Å². The van der Waals surface area contributed by atoms with E-state index < -0.39 is 6.09 Å². The first-order valence-electron chi connectivity index (χ1n) is 3.81. The molecule has 0 spiro atoms. The van der Waals surface area contributed by atoms with Crippen molar-refractivity contribution in [3.63, 3.8) is 0 Å². The average Bonchev–Trinajstić information content (AvgIpc) is 1.96. The molecule has 0 radical (unpaired) electrons. The molecule has 0 aliphatic carbocycles. The number of nitrogens with two attached hydrogens (primary N) is 2. The number of carbonyl (C=O) groups excluding carboxylic acids is 1. The molecule has 0 rings (SSSR count). The highest BCUT2D eigenvalue weighted by Crippen LogP contribution is 1.90. The predicted octanol–water partition coefficient (Wildman–Crippen LogP) is -0.166. The van der Waals surface area contributed by atoms with Gasteiger partial charge in [0.1, 0.15) is 6.61 Å². The molecule has 0 aliphatic heterocycles. The van der Waals surface area contributed by atoms with E-state index in [1.807, 2.05) is 13.8 Å². The van der Waals surface area contributed by atoms with E-state index in [1.165, 1.54) is 0 Å². The summed E-state index contributed by atoms with van der Waals surface area (Å²) in [6.07, 6.45) is -0.681. The summed E-state index contributed by atoms with van der Waals surface area (Å²) >= 11 is 0. The molecule has 0 heterocycles. The normalized spacial score (nSPS) is 13.0. The van der Waals surface area contributed by atoms with Crippen LogP contribution >= 0.6 is 0 Å². The summed E-state index contributed by atoms with van der Waals surface area (Å²) in [5.41, 5.74) is 10.3. The minimum atomic E-state index is -0.810. The Kier molecular flexibility index (Phi) is 5.40. The van der Waals surface area contributed by atoms with Crippen LogP contribution in [0.15, 0.2) is 0 Å². The van der Waals surface area contributed by atoms with Crippen molar-refractivity contribution in [2.24, 2.45) is 11.5 Å². The van der Waals surface area contributed by atoms with E-state index in [0.29, 0.717) is 6.61 Å². The molecular weight excluding hydrogens is 160 g/mol. The third-order valence-electron chi connectivity index (χ3n) is 1.08. The summed E-state index contributed by atoms with van der Waals surface area (Å²) < 4.78 is 9.65. The number of primary amides is 1. The molecule has 1 amide bonds. The number of hydrogen-bond donors (Lipinski definition) is 2. The van der Waals surface area contributed by atoms with Crippen LogP contribution in [0.2, 0.25) is 0 Å². The van der Waals surface area contributed by atoms with Gasteiger partial charge < -0.3 is 20.9 Å². The summed E-state index contributed by atoms with van der Waals surface area (Å²) in [6, 6.07) is -0.306. The number of ether oxygens (including phenoxy) is 2. The smallest absolute Gasteiger partial charge is 0.404 e. The number of rotatable bonds is 5. The quantitative estimate of drug-likeness (QED) is 0.609. The Hall–Kier alpha value is -0.810. The second kappa shape index (κ2) is 5.79. The van der Waals surface area contributed by atoms with Gasteiger partial charge in [0, 0.05) is 0 Å². The molecule has 0 saturated carbocycles. The van der Waals surface area contributed by atoms with Crippen LogP contribution in [0.1, 0.15) is 13.8 Å². The van der Waals surface area contributed by atoms with Crippen LogP contribution in [0.4, 0.5) is 4.79 Å². The Morgan fingerprint density at radius 3 is 2.42 bits per heavy atom. The van der Waals surface area contributed by atoms with Gasteiger partial charge in [-0.15, -0.1) is 0 Å². The molecule has 0 aromatic carbocycles. The van der Waals surface area contributed by atoms with Gasteiger partial charge in [-0.3, -0.25) is 0 Å². The van der Waals surface area contributed by atoms with Crippen molar-refractivity contribution in [1.29, 1.82) is 0 Å². The maximum atomic E-state index is 10.1. The van der Waals surface area contributed by atoms with Gasteiger partial charge in [0.25, 0.3) is 0 Å². The summed E-state index contributed by atoms with van der Waals surface area (Å²) in [4.78, 5) is 10.1. The maximum absolute atomic E-state index is 10.1. The molecule has 1 unspecified atom stereocenters. The van der Waals surface area contributed by atoms with Crippen molar-refractivity contribution < 1.29 is 14.3 Å². The zero-order valence-corrected chi connectivity index (χ0v) is 7.45. The number of carbonyl (C=O) groups is 1. The molecule has 72 valence electrons. The van der Waals surface area contributed by atoms with E-state index in [0.717, 1.165) is 0 Å². The molecule has 0 aromatic rings. The molecule has 0 fully saturated rings. The minimum absolute atomic E-state index is 0.0993. The number of hydrogen-bond acceptors (Lipinski definition) is 4. The SMILES string of the molecule is CC(C)OCC(N)COC(N)=O. The topological polar surface area (TPSA) is 87.6 Å². The number of amides is 1. The van der Waals surface area contributed by atoms with Gasteiger partial charge in [0.05, 0.1) is 18.8 Å². The van der Waals surface area contributed by atoms with Gasteiger partial charge in [0.2, 0.25) is 0 Å². The summed E-state index contributed by atoms with van der Waals surface area (Å²) in [5, 5.41) is 0. The van der Waals surface area contributed by atoms with E-state index >= 15 is 0 Å². The summed E-state index contributed by atoms with van der Waals surface area (Å²) in [7, 11) is 0. The average molecular weight is 176 g/mol. The van der Waals surface area contributed by atoms with Crippen molar-refractivity contribution in [2.75, 3.05) is 13.2 Å². The highest BCUT2D eigenvalue weighted by molar-refractivity contribution is 5.64. The third-order valence-corrected chi connectivity index (χ3v) is 1.08. The van der Waals surface area contributed by atoms with Crippen LogP contribution in [0, 0.1) is 0 Å². The van der Waals surface area contributed by atoms with Crippen LogP contribution in [0.25, 0.3) is 0 Å². The largest absolute Gasteiger partial charge is 0.448 e. The van der Waals surface area contributed by atoms with Gasteiger partial charge in [-0.25, -0.2) is 4.79 Å². The molecule has 12 heavy (non-hydrogen) atoms. The van der Waals surface area contributed by atoms with Crippen LogP contribution in [0.5, 0.6) is 0 Å². The fourth-order valence-electron chi connectivity index (χ4n) is 0.553. The molecule has 0 aliphatic rings. The Labute approximate surface area is 72.0 Å². The standard InChI is InChI=1S/C7H16N2O3/c1-5(2)11-3-6(8)4-12-7(9)10/h5-6H,3-4,8H2,1-2H3,(H2,9,10). The lowest BCUT2D eigenvalue weighted by Gasteiger charge is -2.13. The first kappa shape index (κ1) is 11.2. The van der Waals surface area contributed by atoms with Gasteiger partial charge in [-0.1, -0.05) is 0 Å². The lowest BCUT2D eigenvalue weighted by molar-refractivity contribution is 0.0522. The van der Waals surface area contributed by atoms with Crippen LogP contribution in [-0.2, 0) is 9.47 Å². The molecule has 5 heteroatoms. The highest BCUT2D eigenvalue weighted by atomic mass is 16.5. The molecular formula is C7H16N2O3. The van der Waals surface area contributed by atoms with Crippen LogP contribution < -0.4 is 11.5 Å². The minimum Gasteiger partial charge on any atom is -0.448 e. The molecule has 1 atom stereocenters. The fourth-order valence-corrected chi connectivity index (χ4v) is 0.553. The van der Waals surface area contributed by atoms with Gasteiger partial charge >= 0.3 is 6.09 Å². The maximum Gasteiger partial charge on any atom is 0.404 e. The summed E-state index contributed by atoms with van der Waals surface area (Å²) in [6.45, 7) is 4.27. The van der Waals surface area contributed by atoms with Crippen LogP contribution in [0.3, 0.4) is 0 Å². The molecule has 4 N–H and O–H groups in total. The van der Waals surface area contributed by atoms with Crippen molar-refractivity contribution in [3.8, 4) is 0 Å². The Morgan fingerprint density at radius 2 is 2.00 bits per heavy atom. The zero-order valence-electron chi connectivity index (χ0n) is 7.45. The van der Waals surface area contributed by atoms with E-state index in [1.54, 1.807) is 0 Å². The van der Waals surface area contributed by atoms with E-state index in [9.17, 15) is 4.79 Å². The van der Waals surface area contributed by atoms with E-state index in [4.69, 9.17) is 16.2 Å². The lowest BCUT2D eigenvalue weighted by Crippen LogP contribution is -2.34. The predicted molar refractivity (Wildman–Crippen MR) is 44.6 cm³/mol. The van der Waals surface area contributed by atoms with E-state index in [2.05, 4.69) is 4.74 Å². The fraction of sp³-hybridized carbons (Fsp3) is 0.857. The van der Waals surface area contributed by atoms with Crippen molar-refractivity contribution in [2.45, 2.75) is 26.0 Å². The molecule has 0 aromatic heterocycles. The highest BCUT2D eigenvalue weighted by Gasteiger charge is 2.05. The third kappa shape index (κ3) is 7.30. The molecule has 0 saturated heterocycles. The first-order valence-corrected chi connectivity index (χ1v) is 3.81. The molecule has 0 bridgehead atoms. The zero-order chi connectivity index (χ0) is 9.56. The van der Waals surface area contributed by atoms with Gasteiger partial charge in [0.15, 0.2) is 0 Å². The Balaban J connectivity index is 3.33. The Morgan fingerprint density at radius 1 is 1.42 bits per heavy atom. The van der Waals surface area contributed by atoms with Gasteiger partial charge in [-0.2, -0.15) is 0 Å². The Bertz CT molecular complexity index is 139. The van der Waals surface area contributed by atoms with Crippen molar-refractivity contribution in [1.82, 2.24) is 0 Å². The first-order chi connectivity index (χ1) is 5.52. The second-order valence-electron chi connectivity index (χ2n) is 2.77. The summed E-state index contributed by atoms with van der Waals surface area (Å²) in [5.74, 6) is 0. The van der Waals surface area contributed by atoms with Gasteiger partial charge in [-0.05, 0) is 13.8 Å².